The number of hydrogen-bond donors (Lipinski definition) is 2. The van der Waals surface area contributed by atoms with Crippen LogP contribution in [-0.4, -0.2) is 32.2 Å². The quantitative estimate of drug-likeness (QED) is 0.728. The second-order valence-corrected chi connectivity index (χ2v) is 5.02. The Balaban J connectivity index is 1.85. The monoisotopic (exact) mass is 238 g/mol. The van der Waals surface area contributed by atoms with Crippen molar-refractivity contribution in [2.24, 2.45) is 0 Å². The van der Waals surface area contributed by atoms with Gasteiger partial charge in [0.05, 0.1) is 17.8 Å². The molecule has 0 saturated heterocycles. The molecule has 5 nitrogen and oxygen atoms in total. The van der Waals surface area contributed by atoms with Crippen molar-refractivity contribution in [1.29, 1.82) is 0 Å². The minimum atomic E-state index is -0.554. The molecule has 1 heterocycles. The molecule has 1 aliphatic rings. The molecular formula is C12H22N4O. The normalized spacial score (nSPS) is 18.7. The molecule has 1 aromatic heterocycles. The van der Waals surface area contributed by atoms with Gasteiger partial charge < -0.3 is 10.4 Å². The van der Waals surface area contributed by atoms with E-state index in [4.69, 9.17) is 0 Å². The smallest absolute Gasteiger partial charge is 0.0964 e. The molecule has 96 valence electrons. The summed E-state index contributed by atoms with van der Waals surface area (Å²) in [5, 5.41) is 21.7. The topological polar surface area (TPSA) is 63.0 Å². The average Bonchev–Trinajstić information content (AvgIpc) is 2.89. The molecule has 0 radical (unpaired) electrons. The Morgan fingerprint density at radius 1 is 1.47 bits per heavy atom. The van der Waals surface area contributed by atoms with Crippen LogP contribution in [0, 0.1) is 0 Å². The first-order valence-corrected chi connectivity index (χ1v) is 6.54. The molecule has 0 amide bonds. The van der Waals surface area contributed by atoms with E-state index in [0.29, 0.717) is 6.54 Å². The molecule has 0 atom stereocenters. The molecule has 1 aromatic rings. The second-order valence-electron chi connectivity index (χ2n) is 5.02. The summed E-state index contributed by atoms with van der Waals surface area (Å²) in [5.74, 6) is 0. The largest absolute Gasteiger partial charge is 0.388 e. The minimum absolute atomic E-state index is 0.554. The summed E-state index contributed by atoms with van der Waals surface area (Å²) in [6, 6.07) is 0. The van der Waals surface area contributed by atoms with E-state index in [1.165, 1.54) is 0 Å². The van der Waals surface area contributed by atoms with Crippen LogP contribution in [0.5, 0.6) is 0 Å². The van der Waals surface area contributed by atoms with Crippen molar-refractivity contribution in [3.05, 3.63) is 11.9 Å². The number of nitrogens with zero attached hydrogens (tertiary/aromatic N) is 3. The number of rotatable bonds is 6. The Bertz CT molecular complexity index is 344. The van der Waals surface area contributed by atoms with Crippen molar-refractivity contribution in [3.8, 4) is 0 Å². The second kappa shape index (κ2) is 5.60. The fourth-order valence-electron chi connectivity index (χ4n) is 2.38. The van der Waals surface area contributed by atoms with Crippen LogP contribution in [0.15, 0.2) is 6.20 Å². The molecule has 0 spiro atoms. The molecular weight excluding hydrogens is 216 g/mol. The van der Waals surface area contributed by atoms with E-state index in [1.54, 1.807) is 4.68 Å². The van der Waals surface area contributed by atoms with Gasteiger partial charge in [0.25, 0.3) is 0 Å². The fourth-order valence-corrected chi connectivity index (χ4v) is 2.38. The predicted molar refractivity (Wildman–Crippen MR) is 65.4 cm³/mol. The Morgan fingerprint density at radius 3 is 2.94 bits per heavy atom. The third-order valence-electron chi connectivity index (χ3n) is 3.31. The molecule has 1 fully saturated rings. The van der Waals surface area contributed by atoms with E-state index in [9.17, 15) is 5.11 Å². The van der Waals surface area contributed by atoms with E-state index in [1.807, 2.05) is 6.20 Å². The van der Waals surface area contributed by atoms with Crippen LogP contribution >= 0.6 is 0 Å². The van der Waals surface area contributed by atoms with E-state index < -0.39 is 5.60 Å². The van der Waals surface area contributed by atoms with Crippen molar-refractivity contribution in [2.75, 3.05) is 6.54 Å². The highest BCUT2D eigenvalue weighted by molar-refractivity contribution is 4.93. The molecule has 0 unspecified atom stereocenters. The summed E-state index contributed by atoms with van der Waals surface area (Å²) in [6.45, 7) is 4.47. The van der Waals surface area contributed by atoms with Gasteiger partial charge in [-0.05, 0) is 25.8 Å². The Labute approximate surface area is 102 Å². The van der Waals surface area contributed by atoms with E-state index >= 15 is 0 Å². The van der Waals surface area contributed by atoms with Crippen LogP contribution in [0.1, 0.15) is 44.7 Å². The molecule has 17 heavy (non-hydrogen) atoms. The standard InChI is InChI=1S/C12H22N4O/c1-2-7-13-8-11-9-16(15-14-11)10-12(17)5-3-4-6-12/h9,13,17H,2-8,10H2,1H3. The fraction of sp³-hybridized carbons (Fsp3) is 0.833. The van der Waals surface area contributed by atoms with Crippen LogP contribution in [0.3, 0.4) is 0 Å². The Hall–Kier alpha value is -0.940. The molecule has 0 aliphatic heterocycles. The van der Waals surface area contributed by atoms with Crippen molar-refractivity contribution < 1.29 is 5.11 Å². The van der Waals surface area contributed by atoms with Crippen LogP contribution in [-0.2, 0) is 13.1 Å². The SMILES string of the molecule is CCCNCc1cn(CC2(O)CCCC2)nn1. The third kappa shape index (κ3) is 3.51. The maximum absolute atomic E-state index is 10.3. The highest BCUT2D eigenvalue weighted by atomic mass is 16.3. The van der Waals surface area contributed by atoms with Gasteiger partial charge in [-0.25, -0.2) is 4.68 Å². The minimum Gasteiger partial charge on any atom is -0.388 e. The van der Waals surface area contributed by atoms with Crippen LogP contribution < -0.4 is 5.32 Å². The summed E-state index contributed by atoms with van der Waals surface area (Å²) in [5.41, 5.74) is 0.391. The van der Waals surface area contributed by atoms with E-state index in [0.717, 1.165) is 50.9 Å². The van der Waals surface area contributed by atoms with E-state index in [2.05, 4.69) is 22.6 Å². The van der Waals surface area contributed by atoms with Gasteiger partial charge in [-0.2, -0.15) is 0 Å². The molecule has 0 bridgehead atoms. The first-order chi connectivity index (χ1) is 8.22. The van der Waals surface area contributed by atoms with Gasteiger partial charge in [0.2, 0.25) is 0 Å². The maximum Gasteiger partial charge on any atom is 0.0964 e. The highest BCUT2D eigenvalue weighted by Gasteiger charge is 2.31. The lowest BCUT2D eigenvalue weighted by Crippen LogP contribution is -2.30. The first-order valence-electron chi connectivity index (χ1n) is 6.54. The lowest BCUT2D eigenvalue weighted by Gasteiger charge is -2.21. The van der Waals surface area contributed by atoms with Gasteiger partial charge in [0.1, 0.15) is 0 Å². The highest BCUT2D eigenvalue weighted by Crippen LogP contribution is 2.30. The van der Waals surface area contributed by atoms with Gasteiger partial charge in [-0.15, -0.1) is 5.10 Å². The predicted octanol–water partition coefficient (Wildman–Crippen LogP) is 1.08. The Kier molecular flexibility index (Phi) is 4.12. The van der Waals surface area contributed by atoms with Gasteiger partial charge >= 0.3 is 0 Å². The number of nitrogens with one attached hydrogen (secondary N) is 1. The molecule has 0 aromatic carbocycles. The average molecular weight is 238 g/mol. The molecule has 2 rings (SSSR count). The zero-order chi connectivity index (χ0) is 12.1. The number of hydrogen-bond acceptors (Lipinski definition) is 4. The summed E-state index contributed by atoms with van der Waals surface area (Å²) in [4.78, 5) is 0. The van der Waals surface area contributed by atoms with Gasteiger partial charge in [-0.1, -0.05) is 25.0 Å². The molecule has 5 heteroatoms. The first kappa shape index (κ1) is 12.5. The van der Waals surface area contributed by atoms with Crippen molar-refractivity contribution in [2.45, 2.75) is 57.7 Å². The molecule has 2 N–H and O–H groups in total. The lowest BCUT2D eigenvalue weighted by atomic mass is 10.0. The summed E-state index contributed by atoms with van der Waals surface area (Å²) < 4.78 is 1.77. The third-order valence-corrected chi connectivity index (χ3v) is 3.31. The van der Waals surface area contributed by atoms with Crippen LogP contribution in [0.25, 0.3) is 0 Å². The summed E-state index contributed by atoms with van der Waals surface area (Å²) in [7, 11) is 0. The van der Waals surface area contributed by atoms with Gasteiger partial charge in [0.15, 0.2) is 0 Å². The number of aromatic nitrogens is 3. The Morgan fingerprint density at radius 2 is 2.24 bits per heavy atom. The van der Waals surface area contributed by atoms with Crippen molar-refractivity contribution in [1.82, 2.24) is 20.3 Å². The van der Waals surface area contributed by atoms with Crippen LogP contribution in [0.4, 0.5) is 0 Å². The van der Waals surface area contributed by atoms with E-state index in [-0.39, 0.29) is 0 Å². The molecule has 1 saturated carbocycles. The van der Waals surface area contributed by atoms with Gasteiger partial charge in [0, 0.05) is 12.7 Å². The van der Waals surface area contributed by atoms with Crippen molar-refractivity contribution in [3.63, 3.8) is 0 Å². The maximum atomic E-state index is 10.3. The van der Waals surface area contributed by atoms with Crippen molar-refractivity contribution >= 4 is 0 Å². The summed E-state index contributed by atoms with van der Waals surface area (Å²) in [6.07, 6.45) is 7.06. The summed E-state index contributed by atoms with van der Waals surface area (Å²) >= 11 is 0. The zero-order valence-corrected chi connectivity index (χ0v) is 10.5. The zero-order valence-electron chi connectivity index (χ0n) is 10.5. The number of aliphatic hydroxyl groups is 1. The lowest BCUT2D eigenvalue weighted by molar-refractivity contribution is 0.0260. The molecule has 1 aliphatic carbocycles. The van der Waals surface area contributed by atoms with Gasteiger partial charge in [-0.3, -0.25) is 0 Å². The van der Waals surface area contributed by atoms with Crippen LogP contribution in [0.2, 0.25) is 0 Å².